The van der Waals surface area contributed by atoms with E-state index in [1.54, 1.807) is 43.5 Å². The van der Waals surface area contributed by atoms with Crippen molar-refractivity contribution in [2.75, 3.05) is 19.4 Å². The van der Waals surface area contributed by atoms with Crippen molar-refractivity contribution in [3.8, 4) is 5.75 Å². The van der Waals surface area contributed by atoms with Crippen LogP contribution in [0.5, 0.6) is 5.75 Å². The van der Waals surface area contributed by atoms with Gasteiger partial charge in [0.25, 0.3) is 0 Å². The molecule has 24 heavy (non-hydrogen) atoms. The Morgan fingerprint density at radius 2 is 1.96 bits per heavy atom. The zero-order chi connectivity index (χ0) is 17.4. The highest BCUT2D eigenvalue weighted by molar-refractivity contribution is 7.89. The predicted octanol–water partition coefficient (Wildman–Crippen LogP) is 1.07. The number of nitrogens with one attached hydrogen (secondary N) is 2. The molecule has 0 saturated carbocycles. The molecule has 0 aliphatic carbocycles. The summed E-state index contributed by atoms with van der Waals surface area (Å²) in [5.74, 6) is 0.818. The van der Waals surface area contributed by atoms with Gasteiger partial charge in [-0.1, -0.05) is 12.1 Å². The van der Waals surface area contributed by atoms with Crippen LogP contribution in [0.2, 0.25) is 0 Å². The summed E-state index contributed by atoms with van der Waals surface area (Å²) in [7, 11) is -1.90. The van der Waals surface area contributed by atoms with Gasteiger partial charge in [-0.05, 0) is 29.8 Å². The molecule has 7 nitrogen and oxygen atoms in total. The van der Waals surface area contributed by atoms with Crippen molar-refractivity contribution in [3.05, 3.63) is 54.0 Å². The van der Waals surface area contributed by atoms with Crippen LogP contribution in [0.3, 0.4) is 0 Å². The first kappa shape index (κ1) is 18.0. The van der Waals surface area contributed by atoms with E-state index in [1.165, 1.54) is 6.26 Å². The van der Waals surface area contributed by atoms with Crippen LogP contribution in [0.1, 0.15) is 11.3 Å². The van der Waals surface area contributed by atoms with Crippen LogP contribution >= 0.6 is 0 Å². The summed E-state index contributed by atoms with van der Waals surface area (Å²) in [4.78, 5) is 11.8. The highest BCUT2D eigenvalue weighted by Gasteiger charge is 2.12. The largest absolute Gasteiger partial charge is 0.497 e. The van der Waals surface area contributed by atoms with Crippen molar-refractivity contribution in [1.29, 1.82) is 0 Å². The molecule has 1 aromatic carbocycles. The highest BCUT2D eigenvalue weighted by Crippen LogP contribution is 2.11. The maximum Gasteiger partial charge on any atom is 0.224 e. The minimum Gasteiger partial charge on any atom is -0.497 e. The maximum absolute atomic E-state index is 11.8. The second-order valence-corrected chi connectivity index (χ2v) is 7.02. The monoisotopic (exact) mass is 352 g/mol. The van der Waals surface area contributed by atoms with E-state index in [0.29, 0.717) is 11.5 Å². The number of carbonyl (C=O) groups is 1. The number of hydrogen-bond donors (Lipinski definition) is 2. The molecule has 0 unspecified atom stereocenters. The molecule has 0 aliphatic heterocycles. The lowest BCUT2D eigenvalue weighted by Crippen LogP contribution is -2.34. The summed E-state index contributed by atoms with van der Waals surface area (Å²) < 4.78 is 36.1. The highest BCUT2D eigenvalue weighted by atomic mass is 32.2. The summed E-state index contributed by atoms with van der Waals surface area (Å²) in [6.45, 7) is 0.137. The molecule has 1 aromatic heterocycles. The lowest BCUT2D eigenvalue weighted by Gasteiger charge is -2.08. The Bertz CT molecular complexity index is 739. The fourth-order valence-electron chi connectivity index (χ4n) is 1.98. The minimum atomic E-state index is -3.48. The Kier molecular flexibility index (Phi) is 6.39. The van der Waals surface area contributed by atoms with E-state index in [2.05, 4.69) is 10.0 Å². The van der Waals surface area contributed by atoms with Crippen LogP contribution in [0.4, 0.5) is 0 Å². The Hall–Kier alpha value is -2.32. The van der Waals surface area contributed by atoms with Crippen molar-refractivity contribution in [3.63, 3.8) is 0 Å². The molecule has 130 valence electrons. The number of carbonyl (C=O) groups excluding carboxylic acids is 1. The van der Waals surface area contributed by atoms with Gasteiger partial charge in [0.2, 0.25) is 15.9 Å². The van der Waals surface area contributed by atoms with Gasteiger partial charge in [-0.2, -0.15) is 0 Å². The van der Waals surface area contributed by atoms with Crippen LogP contribution in [0.15, 0.2) is 47.1 Å². The smallest absolute Gasteiger partial charge is 0.224 e. The number of furan rings is 1. The number of benzene rings is 1. The van der Waals surface area contributed by atoms with Gasteiger partial charge < -0.3 is 14.5 Å². The van der Waals surface area contributed by atoms with Crippen LogP contribution < -0.4 is 14.8 Å². The molecule has 0 fully saturated rings. The molecule has 2 aromatic rings. The summed E-state index contributed by atoms with van der Waals surface area (Å²) in [6.07, 6.45) is 1.66. The summed E-state index contributed by atoms with van der Waals surface area (Å²) in [6, 6.07) is 10.5. The van der Waals surface area contributed by atoms with E-state index in [1.807, 2.05) is 0 Å². The third-order valence-electron chi connectivity index (χ3n) is 3.26. The van der Waals surface area contributed by atoms with Crippen molar-refractivity contribution < 1.29 is 22.4 Å². The second-order valence-electron chi connectivity index (χ2n) is 5.09. The van der Waals surface area contributed by atoms with E-state index in [-0.39, 0.29) is 31.2 Å². The molecule has 0 spiro atoms. The third kappa shape index (κ3) is 6.05. The first-order valence-corrected chi connectivity index (χ1v) is 9.03. The average molecular weight is 352 g/mol. The van der Waals surface area contributed by atoms with Crippen molar-refractivity contribution >= 4 is 15.9 Å². The SMILES string of the molecule is COc1ccc(CC(=O)NCCS(=O)(=O)NCc2ccco2)cc1. The average Bonchev–Trinajstić information content (AvgIpc) is 3.07. The molecule has 0 atom stereocenters. The van der Waals surface area contributed by atoms with Crippen LogP contribution in [0, 0.1) is 0 Å². The van der Waals surface area contributed by atoms with Gasteiger partial charge in [-0.15, -0.1) is 0 Å². The minimum absolute atomic E-state index is 0.0441. The zero-order valence-electron chi connectivity index (χ0n) is 13.3. The van der Waals surface area contributed by atoms with Crippen LogP contribution in [-0.4, -0.2) is 33.7 Å². The second kappa shape index (κ2) is 8.51. The van der Waals surface area contributed by atoms with E-state index >= 15 is 0 Å². The Labute approximate surface area is 141 Å². The lowest BCUT2D eigenvalue weighted by atomic mass is 10.1. The van der Waals surface area contributed by atoms with Gasteiger partial charge in [0.1, 0.15) is 11.5 Å². The first-order chi connectivity index (χ1) is 11.5. The van der Waals surface area contributed by atoms with Gasteiger partial charge in [0.05, 0.1) is 32.1 Å². The van der Waals surface area contributed by atoms with Crippen LogP contribution in [0.25, 0.3) is 0 Å². The van der Waals surface area contributed by atoms with Gasteiger partial charge in [0, 0.05) is 6.54 Å². The van der Waals surface area contributed by atoms with Crippen molar-refractivity contribution in [1.82, 2.24) is 10.0 Å². The lowest BCUT2D eigenvalue weighted by molar-refractivity contribution is -0.120. The van der Waals surface area contributed by atoms with Gasteiger partial charge in [-0.25, -0.2) is 13.1 Å². The number of hydrogen-bond acceptors (Lipinski definition) is 5. The summed E-state index contributed by atoms with van der Waals surface area (Å²) >= 11 is 0. The molecule has 0 saturated heterocycles. The number of sulfonamides is 1. The fourth-order valence-corrected chi connectivity index (χ4v) is 2.86. The molecule has 2 rings (SSSR count). The van der Waals surface area contributed by atoms with Gasteiger partial charge >= 0.3 is 0 Å². The molecule has 0 bridgehead atoms. The fraction of sp³-hybridized carbons (Fsp3) is 0.312. The maximum atomic E-state index is 11.8. The molecule has 8 heteroatoms. The molecule has 1 heterocycles. The molecule has 2 N–H and O–H groups in total. The zero-order valence-corrected chi connectivity index (χ0v) is 14.1. The molecular weight excluding hydrogens is 332 g/mol. The Balaban J connectivity index is 1.70. The predicted molar refractivity (Wildman–Crippen MR) is 89.0 cm³/mol. The number of methoxy groups -OCH3 is 1. The Morgan fingerprint density at radius 1 is 1.21 bits per heavy atom. The Morgan fingerprint density at radius 3 is 2.58 bits per heavy atom. The first-order valence-electron chi connectivity index (χ1n) is 7.38. The molecule has 1 amide bonds. The van der Waals surface area contributed by atoms with Crippen molar-refractivity contribution in [2.24, 2.45) is 0 Å². The molecule has 0 radical (unpaired) electrons. The van der Waals surface area contributed by atoms with E-state index in [0.717, 1.165) is 5.56 Å². The van der Waals surface area contributed by atoms with E-state index in [9.17, 15) is 13.2 Å². The summed E-state index contributed by atoms with van der Waals surface area (Å²) in [5, 5.41) is 2.60. The third-order valence-corrected chi connectivity index (χ3v) is 4.59. The quantitative estimate of drug-likeness (QED) is 0.703. The number of ether oxygens (including phenoxy) is 1. The number of rotatable bonds is 9. The summed E-state index contributed by atoms with van der Waals surface area (Å²) in [5.41, 5.74) is 0.826. The molecular formula is C16H20N2O5S. The number of amides is 1. The normalized spacial score (nSPS) is 11.2. The topological polar surface area (TPSA) is 97.6 Å². The molecule has 0 aliphatic rings. The standard InChI is InChI=1S/C16H20N2O5S/c1-22-14-6-4-13(5-7-14)11-16(19)17-8-10-24(20,21)18-12-15-3-2-9-23-15/h2-7,9,18H,8,10-12H2,1H3,(H,17,19). The van der Waals surface area contributed by atoms with Gasteiger partial charge in [0.15, 0.2) is 0 Å². The van der Waals surface area contributed by atoms with E-state index in [4.69, 9.17) is 9.15 Å². The van der Waals surface area contributed by atoms with Crippen LogP contribution in [-0.2, 0) is 27.8 Å². The van der Waals surface area contributed by atoms with Crippen molar-refractivity contribution in [2.45, 2.75) is 13.0 Å². The van der Waals surface area contributed by atoms with Gasteiger partial charge in [-0.3, -0.25) is 4.79 Å². The van der Waals surface area contributed by atoms with E-state index < -0.39 is 10.0 Å².